The first kappa shape index (κ1) is 7.39. The lowest BCUT2D eigenvalue weighted by Gasteiger charge is -2.13. The lowest BCUT2D eigenvalue weighted by molar-refractivity contribution is 0.380. The fraction of sp³-hybridized carbons (Fsp3) is 0.556. The molecular weight excluding hydrogens is 124 g/mol. The molecule has 1 aliphatic rings. The molecule has 0 amide bonds. The number of rotatable bonds is 1. The second-order valence-electron chi connectivity index (χ2n) is 2.69. The molecule has 1 nitrogen and oxygen atoms in total. The molecule has 1 aliphatic carbocycles. The van der Waals surface area contributed by atoms with Gasteiger partial charge >= 0.3 is 0 Å². The van der Waals surface area contributed by atoms with Crippen LogP contribution in [0.2, 0.25) is 0 Å². The van der Waals surface area contributed by atoms with Crippen LogP contribution in [0, 0.1) is 0 Å². The van der Waals surface area contributed by atoms with Gasteiger partial charge in [0.05, 0.1) is 5.76 Å². The first-order valence-electron chi connectivity index (χ1n) is 3.83. The summed E-state index contributed by atoms with van der Waals surface area (Å²) in [5.41, 5.74) is 2.40. The van der Waals surface area contributed by atoms with Crippen molar-refractivity contribution in [1.29, 1.82) is 0 Å². The predicted molar refractivity (Wildman–Crippen MR) is 42.9 cm³/mol. The van der Waals surface area contributed by atoms with E-state index in [-0.39, 0.29) is 0 Å². The highest BCUT2D eigenvalue weighted by Gasteiger charge is 2.08. The van der Waals surface area contributed by atoms with E-state index in [9.17, 15) is 5.11 Å². The van der Waals surface area contributed by atoms with E-state index in [4.69, 9.17) is 0 Å². The van der Waals surface area contributed by atoms with Crippen LogP contribution in [-0.4, -0.2) is 5.11 Å². The van der Waals surface area contributed by atoms with Crippen molar-refractivity contribution in [2.45, 2.75) is 33.1 Å². The van der Waals surface area contributed by atoms with Gasteiger partial charge in [0.2, 0.25) is 0 Å². The number of aliphatic hydroxyl groups excluding tert-OH is 1. The maximum Gasteiger partial charge on any atom is 0.0957 e. The Labute approximate surface area is 62.1 Å². The maximum atomic E-state index is 9.32. The molecule has 0 aromatic rings. The van der Waals surface area contributed by atoms with Gasteiger partial charge in [0.25, 0.3) is 0 Å². The van der Waals surface area contributed by atoms with Crippen LogP contribution in [0.1, 0.15) is 33.1 Å². The first-order valence-corrected chi connectivity index (χ1v) is 3.83. The molecule has 0 spiro atoms. The highest BCUT2D eigenvalue weighted by atomic mass is 16.3. The smallest absolute Gasteiger partial charge is 0.0957 e. The molecular formula is C9H14O. The van der Waals surface area contributed by atoms with Crippen molar-refractivity contribution >= 4 is 0 Å². The third kappa shape index (κ3) is 1.23. The SMILES string of the molecule is CCC1=CCCC(O)=C1C. The van der Waals surface area contributed by atoms with Crippen LogP contribution in [0.4, 0.5) is 0 Å². The second kappa shape index (κ2) is 2.91. The zero-order chi connectivity index (χ0) is 7.56. The average molecular weight is 138 g/mol. The van der Waals surface area contributed by atoms with E-state index in [0.717, 1.165) is 24.8 Å². The van der Waals surface area contributed by atoms with Crippen LogP contribution in [0.25, 0.3) is 0 Å². The van der Waals surface area contributed by atoms with Crippen molar-refractivity contribution in [1.82, 2.24) is 0 Å². The summed E-state index contributed by atoms with van der Waals surface area (Å²) < 4.78 is 0. The van der Waals surface area contributed by atoms with Crippen molar-refractivity contribution in [2.24, 2.45) is 0 Å². The van der Waals surface area contributed by atoms with Crippen molar-refractivity contribution in [3.8, 4) is 0 Å². The van der Waals surface area contributed by atoms with Crippen molar-refractivity contribution < 1.29 is 5.11 Å². The lowest BCUT2D eigenvalue weighted by atomic mass is 9.96. The Morgan fingerprint density at radius 2 is 2.30 bits per heavy atom. The molecule has 1 N–H and O–H groups in total. The number of aliphatic hydroxyl groups is 1. The predicted octanol–water partition coefficient (Wildman–Crippen LogP) is 2.95. The summed E-state index contributed by atoms with van der Waals surface area (Å²) in [6.07, 6.45) is 5.09. The van der Waals surface area contributed by atoms with Crippen LogP contribution < -0.4 is 0 Å². The molecule has 0 fully saturated rings. The Hall–Kier alpha value is -0.720. The van der Waals surface area contributed by atoms with E-state index in [0.29, 0.717) is 5.76 Å². The van der Waals surface area contributed by atoms with Crippen molar-refractivity contribution in [3.63, 3.8) is 0 Å². The largest absolute Gasteiger partial charge is 0.512 e. The lowest BCUT2D eigenvalue weighted by Crippen LogP contribution is -1.97. The summed E-state index contributed by atoms with van der Waals surface area (Å²) in [4.78, 5) is 0. The Morgan fingerprint density at radius 3 is 2.80 bits per heavy atom. The molecule has 0 unspecified atom stereocenters. The fourth-order valence-electron chi connectivity index (χ4n) is 1.32. The minimum absolute atomic E-state index is 0.583. The molecule has 0 saturated carbocycles. The van der Waals surface area contributed by atoms with Gasteiger partial charge in [-0.1, -0.05) is 13.0 Å². The first-order chi connectivity index (χ1) is 4.75. The molecule has 0 saturated heterocycles. The van der Waals surface area contributed by atoms with Crippen LogP contribution in [0.15, 0.2) is 23.0 Å². The summed E-state index contributed by atoms with van der Waals surface area (Å²) in [5, 5.41) is 9.32. The second-order valence-corrected chi connectivity index (χ2v) is 2.69. The van der Waals surface area contributed by atoms with Gasteiger partial charge in [0.1, 0.15) is 0 Å². The van der Waals surface area contributed by atoms with Crippen LogP contribution in [0.5, 0.6) is 0 Å². The molecule has 0 heterocycles. The van der Waals surface area contributed by atoms with Gasteiger partial charge in [-0.25, -0.2) is 0 Å². The van der Waals surface area contributed by atoms with E-state index in [1.165, 1.54) is 5.57 Å². The van der Waals surface area contributed by atoms with Gasteiger partial charge in [-0.15, -0.1) is 0 Å². The van der Waals surface area contributed by atoms with Crippen molar-refractivity contribution in [2.75, 3.05) is 0 Å². The molecule has 10 heavy (non-hydrogen) atoms. The monoisotopic (exact) mass is 138 g/mol. The van der Waals surface area contributed by atoms with E-state index in [2.05, 4.69) is 13.0 Å². The maximum absolute atomic E-state index is 9.32. The summed E-state index contributed by atoms with van der Waals surface area (Å²) in [6.45, 7) is 4.11. The molecule has 0 aliphatic heterocycles. The normalized spacial score (nSPS) is 19.2. The Morgan fingerprint density at radius 1 is 1.60 bits per heavy atom. The summed E-state index contributed by atoms with van der Waals surface area (Å²) >= 11 is 0. The topological polar surface area (TPSA) is 20.2 Å². The molecule has 0 atom stereocenters. The highest BCUT2D eigenvalue weighted by molar-refractivity contribution is 5.33. The van der Waals surface area contributed by atoms with Crippen molar-refractivity contribution in [3.05, 3.63) is 23.0 Å². The molecule has 0 bridgehead atoms. The van der Waals surface area contributed by atoms with Gasteiger partial charge in [-0.05, 0) is 30.9 Å². The quantitative estimate of drug-likeness (QED) is 0.590. The van der Waals surface area contributed by atoms with E-state index < -0.39 is 0 Å². The van der Waals surface area contributed by atoms with Crippen LogP contribution in [0.3, 0.4) is 0 Å². The molecule has 56 valence electrons. The molecule has 1 rings (SSSR count). The summed E-state index contributed by atoms with van der Waals surface area (Å²) in [7, 11) is 0. The van der Waals surface area contributed by atoms with Crippen LogP contribution in [-0.2, 0) is 0 Å². The Kier molecular flexibility index (Phi) is 2.15. The van der Waals surface area contributed by atoms with E-state index in [1.54, 1.807) is 0 Å². The highest BCUT2D eigenvalue weighted by Crippen LogP contribution is 2.24. The van der Waals surface area contributed by atoms with Gasteiger partial charge < -0.3 is 5.11 Å². The zero-order valence-corrected chi connectivity index (χ0v) is 6.65. The fourth-order valence-corrected chi connectivity index (χ4v) is 1.32. The third-order valence-corrected chi connectivity index (χ3v) is 2.07. The number of allylic oxidation sites excluding steroid dienone is 4. The van der Waals surface area contributed by atoms with Gasteiger partial charge in [-0.2, -0.15) is 0 Å². The molecule has 0 radical (unpaired) electrons. The zero-order valence-electron chi connectivity index (χ0n) is 6.65. The Balaban J connectivity index is 2.83. The minimum Gasteiger partial charge on any atom is -0.512 e. The third-order valence-electron chi connectivity index (χ3n) is 2.07. The Bertz CT molecular complexity index is 187. The van der Waals surface area contributed by atoms with E-state index >= 15 is 0 Å². The minimum atomic E-state index is 0.583. The van der Waals surface area contributed by atoms with Crippen LogP contribution >= 0.6 is 0 Å². The standard InChI is InChI=1S/C9H14O/c1-3-8-5-4-6-9(10)7(8)2/h5,10H,3-4,6H2,1-2H3. The number of hydrogen-bond acceptors (Lipinski definition) is 1. The van der Waals surface area contributed by atoms with E-state index in [1.807, 2.05) is 6.92 Å². The molecule has 0 aromatic carbocycles. The van der Waals surface area contributed by atoms with Gasteiger partial charge in [0.15, 0.2) is 0 Å². The summed E-state index contributed by atoms with van der Waals surface area (Å²) in [6, 6.07) is 0. The molecule has 0 aromatic heterocycles. The van der Waals surface area contributed by atoms with Gasteiger partial charge in [-0.3, -0.25) is 0 Å². The summed E-state index contributed by atoms with van der Waals surface area (Å²) in [5.74, 6) is 0.583. The van der Waals surface area contributed by atoms with Gasteiger partial charge in [0, 0.05) is 6.42 Å². The number of hydrogen-bond donors (Lipinski definition) is 1. The average Bonchev–Trinajstić information content (AvgIpc) is 1.95. The molecule has 1 heteroatoms.